The molecule has 3 aromatic rings. The minimum atomic E-state index is -4.83. The van der Waals surface area contributed by atoms with E-state index >= 15 is 0 Å². The first-order valence-corrected chi connectivity index (χ1v) is 9.93. The molecule has 1 atom stereocenters. The van der Waals surface area contributed by atoms with Crippen molar-refractivity contribution in [3.63, 3.8) is 0 Å². The van der Waals surface area contributed by atoms with E-state index in [1.807, 2.05) is 6.92 Å². The molecule has 0 aliphatic carbocycles. The van der Waals surface area contributed by atoms with Crippen molar-refractivity contribution in [2.75, 3.05) is 0 Å². The molecule has 3 rings (SSSR count). The zero-order valence-corrected chi connectivity index (χ0v) is 17.7. The summed E-state index contributed by atoms with van der Waals surface area (Å²) in [5, 5.41) is 10.4. The average Bonchev–Trinajstić information content (AvgIpc) is 2.97. The summed E-state index contributed by atoms with van der Waals surface area (Å²) in [6, 6.07) is 8.97. The lowest BCUT2D eigenvalue weighted by Crippen LogP contribution is -2.18. The number of carbonyl (C=O) groups is 2. The van der Waals surface area contributed by atoms with Crippen LogP contribution in [0.2, 0.25) is 0 Å². The van der Waals surface area contributed by atoms with Crippen molar-refractivity contribution in [3.8, 4) is 11.5 Å². The number of esters is 1. The van der Waals surface area contributed by atoms with Gasteiger partial charge in [0.1, 0.15) is 11.5 Å². The Morgan fingerprint density at radius 3 is 2.38 bits per heavy atom. The highest BCUT2D eigenvalue weighted by Gasteiger charge is 2.31. The van der Waals surface area contributed by atoms with Gasteiger partial charge in [0.15, 0.2) is 0 Å². The fourth-order valence-electron chi connectivity index (χ4n) is 3.38. The van der Waals surface area contributed by atoms with Crippen molar-refractivity contribution in [2.45, 2.75) is 46.1 Å². The molecule has 1 aromatic heterocycles. The van der Waals surface area contributed by atoms with E-state index in [4.69, 9.17) is 4.74 Å². The van der Waals surface area contributed by atoms with Crippen LogP contribution in [0.4, 0.5) is 13.2 Å². The lowest BCUT2D eigenvalue weighted by atomic mass is 10.1. The molecule has 0 spiro atoms. The summed E-state index contributed by atoms with van der Waals surface area (Å²) in [6.07, 6.45) is -4.54. The third kappa shape index (κ3) is 5.04. The molecule has 1 N–H and O–H groups in total. The van der Waals surface area contributed by atoms with E-state index in [-0.39, 0.29) is 23.8 Å². The number of nitrogens with zero attached hydrogens (tertiary/aromatic N) is 1. The maximum absolute atomic E-state index is 13.2. The third-order valence-electron chi connectivity index (χ3n) is 5.08. The highest BCUT2D eigenvalue weighted by atomic mass is 19.4. The Morgan fingerprint density at radius 1 is 1.12 bits per heavy atom. The number of phenolic OH excluding ortho intramolecular Hbond substituents is 1. The lowest BCUT2D eigenvalue weighted by molar-refractivity contribution is -0.274. The van der Waals surface area contributed by atoms with E-state index in [1.54, 1.807) is 19.9 Å². The van der Waals surface area contributed by atoms with Gasteiger partial charge in [-0.2, -0.15) is 0 Å². The number of aromatic nitrogens is 1. The zero-order chi connectivity index (χ0) is 23.6. The number of carbonyl (C=O) groups excluding carboxylic acids is 2. The Morgan fingerprint density at radius 2 is 1.78 bits per heavy atom. The second-order valence-corrected chi connectivity index (χ2v) is 7.36. The van der Waals surface area contributed by atoms with E-state index in [2.05, 4.69) is 4.74 Å². The van der Waals surface area contributed by atoms with Crippen molar-refractivity contribution in [2.24, 2.45) is 0 Å². The van der Waals surface area contributed by atoms with Gasteiger partial charge < -0.3 is 14.6 Å². The normalized spacial score (nSPS) is 12.6. The summed E-state index contributed by atoms with van der Waals surface area (Å²) in [7, 11) is 0. The van der Waals surface area contributed by atoms with E-state index in [0.29, 0.717) is 28.6 Å². The number of rotatable bonds is 6. The van der Waals surface area contributed by atoms with Gasteiger partial charge in [0.2, 0.25) is 0 Å². The van der Waals surface area contributed by atoms with Crippen molar-refractivity contribution in [3.05, 3.63) is 59.3 Å². The third-order valence-corrected chi connectivity index (χ3v) is 5.08. The molecule has 0 bridgehead atoms. The number of alkyl halides is 3. The van der Waals surface area contributed by atoms with Crippen molar-refractivity contribution >= 4 is 22.8 Å². The van der Waals surface area contributed by atoms with E-state index in [0.717, 1.165) is 12.1 Å². The number of fused-ring (bicyclic) bond motifs is 1. The first-order chi connectivity index (χ1) is 15.0. The number of benzene rings is 2. The molecule has 0 fully saturated rings. The monoisotopic (exact) mass is 449 g/mol. The van der Waals surface area contributed by atoms with Crippen LogP contribution in [-0.2, 0) is 16.0 Å². The standard InChI is InChI=1S/C23H22F3NO5/c1-4-13(2)31-21(29)12-18-14(3)27(20-10-7-16(28)11-19(18)20)22(30)15-5-8-17(9-6-15)32-23(24,25)26/h5-11,13,28H,4,12H2,1-3H3/t13-/m1/s1. The van der Waals surface area contributed by atoms with Gasteiger partial charge in [-0.1, -0.05) is 6.92 Å². The molecule has 0 saturated heterocycles. The summed E-state index contributed by atoms with van der Waals surface area (Å²) in [6.45, 7) is 5.31. The van der Waals surface area contributed by atoms with Gasteiger partial charge in [-0.05, 0) is 68.3 Å². The smallest absolute Gasteiger partial charge is 0.508 e. The van der Waals surface area contributed by atoms with Crippen LogP contribution < -0.4 is 4.74 Å². The minimum absolute atomic E-state index is 0.0349. The van der Waals surface area contributed by atoms with Crippen LogP contribution in [-0.4, -0.2) is 34.0 Å². The van der Waals surface area contributed by atoms with Gasteiger partial charge >= 0.3 is 12.3 Å². The maximum Gasteiger partial charge on any atom is 0.573 e. The molecule has 1 heterocycles. The molecule has 9 heteroatoms. The van der Waals surface area contributed by atoms with Gasteiger partial charge in [0.05, 0.1) is 18.0 Å². The van der Waals surface area contributed by atoms with Gasteiger partial charge in [0, 0.05) is 16.6 Å². The molecule has 32 heavy (non-hydrogen) atoms. The predicted molar refractivity (Wildman–Crippen MR) is 111 cm³/mol. The number of hydrogen-bond acceptors (Lipinski definition) is 5. The quantitative estimate of drug-likeness (QED) is 0.528. The van der Waals surface area contributed by atoms with Gasteiger partial charge in [-0.3, -0.25) is 14.2 Å². The maximum atomic E-state index is 13.2. The molecule has 170 valence electrons. The van der Waals surface area contributed by atoms with E-state index < -0.39 is 24.0 Å². The topological polar surface area (TPSA) is 77.8 Å². The van der Waals surface area contributed by atoms with Gasteiger partial charge in [-0.25, -0.2) is 0 Å². The Kier molecular flexibility index (Phi) is 6.47. The highest BCUT2D eigenvalue weighted by Crippen LogP contribution is 2.31. The van der Waals surface area contributed by atoms with Crippen molar-refractivity contribution < 1.29 is 37.3 Å². The summed E-state index contributed by atoms with van der Waals surface area (Å²) in [4.78, 5) is 25.6. The number of ether oxygens (including phenoxy) is 2. The van der Waals surface area contributed by atoms with Crippen LogP contribution in [0, 0.1) is 6.92 Å². The molecular weight excluding hydrogens is 427 g/mol. The van der Waals surface area contributed by atoms with Gasteiger partial charge in [-0.15, -0.1) is 13.2 Å². The molecule has 0 aliphatic heterocycles. The van der Waals surface area contributed by atoms with Crippen LogP contribution in [0.1, 0.15) is 41.9 Å². The molecule has 0 radical (unpaired) electrons. The Balaban J connectivity index is 2.00. The van der Waals surface area contributed by atoms with Crippen molar-refractivity contribution in [1.82, 2.24) is 4.57 Å². The number of halogens is 3. The minimum Gasteiger partial charge on any atom is -0.508 e. The van der Waals surface area contributed by atoms with Crippen LogP contribution in [0.15, 0.2) is 42.5 Å². The second-order valence-electron chi connectivity index (χ2n) is 7.36. The van der Waals surface area contributed by atoms with Gasteiger partial charge in [0.25, 0.3) is 5.91 Å². The van der Waals surface area contributed by atoms with E-state index in [1.165, 1.54) is 28.8 Å². The predicted octanol–water partition coefficient (Wildman–Crippen LogP) is 5.13. The zero-order valence-electron chi connectivity index (χ0n) is 17.7. The number of aromatic hydroxyl groups is 1. The Bertz CT molecular complexity index is 1150. The Labute approximate surface area is 182 Å². The number of hydrogen-bond donors (Lipinski definition) is 1. The molecule has 0 saturated carbocycles. The molecule has 0 unspecified atom stereocenters. The number of phenols is 1. The lowest BCUT2D eigenvalue weighted by Gasteiger charge is -2.11. The second kappa shape index (κ2) is 8.94. The fraction of sp³-hybridized carbons (Fsp3) is 0.304. The van der Waals surface area contributed by atoms with Crippen molar-refractivity contribution in [1.29, 1.82) is 0 Å². The molecular formula is C23H22F3NO5. The average molecular weight is 449 g/mol. The molecule has 0 amide bonds. The molecule has 6 nitrogen and oxygen atoms in total. The first kappa shape index (κ1) is 23.2. The first-order valence-electron chi connectivity index (χ1n) is 9.93. The summed E-state index contributed by atoms with van der Waals surface area (Å²) >= 11 is 0. The largest absolute Gasteiger partial charge is 0.573 e. The summed E-state index contributed by atoms with van der Waals surface area (Å²) in [5.74, 6) is -1.45. The molecule has 0 aliphatic rings. The van der Waals surface area contributed by atoms with Crippen LogP contribution in [0.3, 0.4) is 0 Å². The fourth-order valence-corrected chi connectivity index (χ4v) is 3.38. The van der Waals surface area contributed by atoms with Crippen LogP contribution in [0.5, 0.6) is 11.5 Å². The molecule has 2 aromatic carbocycles. The van der Waals surface area contributed by atoms with Crippen LogP contribution in [0.25, 0.3) is 10.9 Å². The van der Waals surface area contributed by atoms with Crippen LogP contribution >= 0.6 is 0 Å². The SMILES string of the molecule is CC[C@@H](C)OC(=O)Cc1c(C)n(C(=O)c2ccc(OC(F)(F)F)cc2)c2ccc(O)cc12. The Hall–Kier alpha value is -3.49. The van der Waals surface area contributed by atoms with E-state index in [9.17, 15) is 27.9 Å². The summed E-state index contributed by atoms with van der Waals surface area (Å²) in [5.41, 5.74) is 1.57. The summed E-state index contributed by atoms with van der Waals surface area (Å²) < 4.78 is 47.7. The highest BCUT2D eigenvalue weighted by molar-refractivity contribution is 6.05.